The first-order chi connectivity index (χ1) is 7.43. The molecule has 7 heteroatoms. The number of hydrogen-bond donors (Lipinski definition) is 2. The summed E-state index contributed by atoms with van der Waals surface area (Å²) in [5.74, 6) is -1.11. The van der Waals surface area contributed by atoms with Crippen molar-refractivity contribution in [3.8, 4) is 0 Å². The maximum atomic E-state index is 10.8. The minimum Gasteiger partial charge on any atom is -0.480 e. The van der Waals surface area contributed by atoms with E-state index in [1.54, 1.807) is 13.0 Å². The van der Waals surface area contributed by atoms with E-state index in [2.05, 4.69) is 5.32 Å². The molecule has 0 spiro atoms. The summed E-state index contributed by atoms with van der Waals surface area (Å²) in [5, 5.41) is 21.7. The molecule has 2 N–H and O–H groups in total. The minimum absolute atomic E-state index is 0.0142. The zero-order valence-electron chi connectivity index (χ0n) is 8.36. The maximum Gasteiger partial charge on any atom is 0.322 e. The Bertz CT molecular complexity index is 447. The van der Waals surface area contributed by atoms with E-state index in [9.17, 15) is 14.9 Å². The number of carboxylic acids is 1. The molecule has 0 bridgehead atoms. The van der Waals surface area contributed by atoms with Gasteiger partial charge in [0.25, 0.3) is 0 Å². The molecule has 0 aliphatic heterocycles. The quantitative estimate of drug-likeness (QED) is 0.625. The molecule has 0 unspecified atom stereocenters. The highest BCUT2D eigenvalue weighted by Crippen LogP contribution is 2.34. The van der Waals surface area contributed by atoms with E-state index in [0.717, 1.165) is 0 Å². The predicted octanol–water partition coefficient (Wildman–Crippen LogP) is 2.05. The summed E-state index contributed by atoms with van der Waals surface area (Å²) in [6, 6.07) is 3.02. The van der Waals surface area contributed by atoms with E-state index >= 15 is 0 Å². The fourth-order valence-corrected chi connectivity index (χ4v) is 1.39. The number of benzene rings is 1. The largest absolute Gasteiger partial charge is 0.480 e. The molecule has 0 saturated carbocycles. The van der Waals surface area contributed by atoms with Crippen LogP contribution in [0.4, 0.5) is 11.4 Å². The highest BCUT2D eigenvalue weighted by Gasteiger charge is 2.20. The Morgan fingerprint density at radius 3 is 2.75 bits per heavy atom. The number of aliphatic carboxylic acids is 1. The standard InChI is InChI=1S/C9H9ClN2O4/c1-5-2-3-6(11-4-7(13)14)9(8(5)10)12(15)16/h2-3,11H,4H2,1H3,(H,13,14). The van der Waals surface area contributed by atoms with Gasteiger partial charge in [0.2, 0.25) is 0 Å². The lowest BCUT2D eigenvalue weighted by atomic mass is 10.2. The molecular weight excluding hydrogens is 236 g/mol. The molecule has 16 heavy (non-hydrogen) atoms. The Kier molecular flexibility index (Phi) is 3.68. The van der Waals surface area contributed by atoms with Crippen molar-refractivity contribution < 1.29 is 14.8 Å². The highest BCUT2D eigenvalue weighted by molar-refractivity contribution is 6.34. The Morgan fingerprint density at radius 2 is 2.25 bits per heavy atom. The predicted molar refractivity (Wildman–Crippen MR) is 59.0 cm³/mol. The Hall–Kier alpha value is -1.82. The first-order valence-electron chi connectivity index (χ1n) is 4.32. The van der Waals surface area contributed by atoms with Crippen molar-refractivity contribution in [1.29, 1.82) is 0 Å². The van der Waals surface area contributed by atoms with E-state index < -0.39 is 17.4 Å². The van der Waals surface area contributed by atoms with E-state index in [0.29, 0.717) is 5.56 Å². The number of hydrogen-bond acceptors (Lipinski definition) is 4. The second-order valence-electron chi connectivity index (χ2n) is 3.10. The molecule has 0 aliphatic rings. The van der Waals surface area contributed by atoms with Gasteiger partial charge in [-0.3, -0.25) is 14.9 Å². The summed E-state index contributed by atoms with van der Waals surface area (Å²) in [4.78, 5) is 20.5. The number of carboxylic acid groups (broad SMARTS) is 1. The molecule has 0 aromatic heterocycles. The van der Waals surface area contributed by atoms with Crippen molar-refractivity contribution in [3.63, 3.8) is 0 Å². The normalized spacial score (nSPS) is 9.88. The molecule has 0 amide bonds. The average Bonchev–Trinajstić information content (AvgIpc) is 2.19. The summed E-state index contributed by atoms with van der Waals surface area (Å²) in [7, 11) is 0. The van der Waals surface area contributed by atoms with E-state index in [-0.39, 0.29) is 16.4 Å². The van der Waals surface area contributed by atoms with Gasteiger partial charge in [-0.15, -0.1) is 0 Å². The van der Waals surface area contributed by atoms with Crippen LogP contribution in [0.3, 0.4) is 0 Å². The lowest BCUT2D eigenvalue weighted by molar-refractivity contribution is -0.383. The Labute approximate surface area is 96.0 Å². The number of halogens is 1. The van der Waals surface area contributed by atoms with Crippen molar-refractivity contribution in [1.82, 2.24) is 0 Å². The van der Waals surface area contributed by atoms with Crippen LogP contribution in [0, 0.1) is 17.0 Å². The van der Waals surface area contributed by atoms with Crippen LogP contribution >= 0.6 is 11.6 Å². The van der Waals surface area contributed by atoms with Crippen molar-refractivity contribution in [2.45, 2.75) is 6.92 Å². The minimum atomic E-state index is -1.11. The van der Waals surface area contributed by atoms with Crippen LogP contribution in [0.25, 0.3) is 0 Å². The van der Waals surface area contributed by atoms with Gasteiger partial charge in [-0.1, -0.05) is 17.7 Å². The molecule has 6 nitrogen and oxygen atoms in total. The molecule has 1 aromatic carbocycles. The smallest absolute Gasteiger partial charge is 0.322 e. The van der Waals surface area contributed by atoms with Crippen molar-refractivity contribution >= 4 is 28.9 Å². The summed E-state index contributed by atoms with van der Waals surface area (Å²) in [6.07, 6.45) is 0. The number of nitro groups is 1. The van der Waals surface area contributed by atoms with E-state index in [1.807, 2.05) is 0 Å². The molecule has 1 aromatic rings. The summed E-state index contributed by atoms with van der Waals surface area (Å²) in [5.41, 5.74) is 0.361. The number of nitrogens with zero attached hydrogens (tertiary/aromatic N) is 1. The van der Waals surface area contributed by atoms with Crippen LogP contribution < -0.4 is 5.32 Å². The molecule has 0 atom stereocenters. The highest BCUT2D eigenvalue weighted by atomic mass is 35.5. The van der Waals surface area contributed by atoms with E-state index in [4.69, 9.17) is 16.7 Å². The number of nitro benzene ring substituents is 1. The SMILES string of the molecule is Cc1ccc(NCC(=O)O)c([N+](=O)[O-])c1Cl. The third kappa shape index (κ3) is 2.60. The summed E-state index contributed by atoms with van der Waals surface area (Å²) in [6.45, 7) is 1.23. The first-order valence-corrected chi connectivity index (χ1v) is 4.70. The topological polar surface area (TPSA) is 92.5 Å². The van der Waals surface area contributed by atoms with Crippen molar-refractivity contribution in [2.24, 2.45) is 0 Å². The van der Waals surface area contributed by atoms with Gasteiger partial charge in [-0.2, -0.15) is 0 Å². The van der Waals surface area contributed by atoms with Crippen LogP contribution in [0.2, 0.25) is 5.02 Å². The summed E-state index contributed by atoms with van der Waals surface area (Å²) >= 11 is 5.78. The van der Waals surface area contributed by atoms with Gasteiger partial charge in [0.1, 0.15) is 17.3 Å². The monoisotopic (exact) mass is 244 g/mol. The van der Waals surface area contributed by atoms with Crippen LogP contribution in [0.15, 0.2) is 12.1 Å². The van der Waals surface area contributed by atoms with Gasteiger partial charge in [0.15, 0.2) is 0 Å². The second kappa shape index (κ2) is 4.80. The maximum absolute atomic E-state index is 10.8. The molecule has 1 rings (SSSR count). The zero-order valence-corrected chi connectivity index (χ0v) is 9.11. The van der Waals surface area contributed by atoms with E-state index in [1.165, 1.54) is 6.07 Å². The fraction of sp³-hybridized carbons (Fsp3) is 0.222. The molecule has 0 aliphatic carbocycles. The number of nitrogens with one attached hydrogen (secondary N) is 1. The average molecular weight is 245 g/mol. The van der Waals surface area contributed by atoms with Crippen LogP contribution in [0.1, 0.15) is 5.56 Å². The van der Waals surface area contributed by atoms with Gasteiger partial charge in [-0.25, -0.2) is 0 Å². The number of rotatable bonds is 4. The zero-order chi connectivity index (χ0) is 12.3. The van der Waals surface area contributed by atoms with Gasteiger partial charge < -0.3 is 10.4 Å². The summed E-state index contributed by atoms with van der Waals surface area (Å²) < 4.78 is 0. The van der Waals surface area contributed by atoms with Crippen molar-refractivity contribution in [2.75, 3.05) is 11.9 Å². The third-order valence-corrected chi connectivity index (χ3v) is 2.40. The second-order valence-corrected chi connectivity index (χ2v) is 3.47. The van der Waals surface area contributed by atoms with Crippen LogP contribution in [-0.4, -0.2) is 22.5 Å². The van der Waals surface area contributed by atoms with Gasteiger partial charge in [-0.05, 0) is 18.6 Å². The Morgan fingerprint density at radius 1 is 1.62 bits per heavy atom. The molecular formula is C9H9ClN2O4. The fourth-order valence-electron chi connectivity index (χ4n) is 1.16. The van der Waals surface area contributed by atoms with Gasteiger partial charge in [0.05, 0.1) is 4.92 Å². The third-order valence-electron chi connectivity index (χ3n) is 1.92. The van der Waals surface area contributed by atoms with Gasteiger partial charge >= 0.3 is 11.7 Å². The lowest BCUT2D eigenvalue weighted by Gasteiger charge is -2.07. The first kappa shape index (κ1) is 12.3. The van der Waals surface area contributed by atoms with Gasteiger partial charge in [0, 0.05) is 0 Å². The van der Waals surface area contributed by atoms with Crippen LogP contribution in [-0.2, 0) is 4.79 Å². The lowest BCUT2D eigenvalue weighted by Crippen LogP contribution is -2.13. The molecule has 0 heterocycles. The van der Waals surface area contributed by atoms with Crippen molar-refractivity contribution in [3.05, 3.63) is 32.8 Å². The molecule has 86 valence electrons. The molecule has 0 radical (unpaired) electrons. The molecule has 0 saturated heterocycles. The Balaban J connectivity index is 3.13. The van der Waals surface area contributed by atoms with Crippen LogP contribution in [0.5, 0.6) is 0 Å². The number of aryl methyl sites for hydroxylation is 1. The number of carbonyl (C=O) groups is 1. The number of anilines is 1. The molecule has 0 fully saturated rings.